The summed E-state index contributed by atoms with van der Waals surface area (Å²) in [5.41, 5.74) is 0.121. The first-order chi connectivity index (χ1) is 8.62. The van der Waals surface area contributed by atoms with Gasteiger partial charge in [-0.1, -0.05) is 47.0 Å². The molecular weight excluding hydrogens is 222 g/mol. The average Bonchev–Trinajstić information content (AvgIpc) is 2.35. The molecule has 0 aromatic heterocycles. The molecule has 2 heteroatoms. The highest BCUT2D eigenvalue weighted by Gasteiger charge is 2.35. The van der Waals surface area contributed by atoms with Crippen LogP contribution in [0.2, 0.25) is 0 Å². The molecule has 0 radical (unpaired) electrons. The Balaban J connectivity index is 2.48. The fourth-order valence-electron chi connectivity index (χ4n) is 3.20. The van der Waals surface area contributed by atoms with Gasteiger partial charge in [-0.2, -0.15) is 0 Å². The van der Waals surface area contributed by atoms with E-state index in [0.29, 0.717) is 5.92 Å². The summed E-state index contributed by atoms with van der Waals surface area (Å²) in [5, 5.41) is 3.51. The maximum atomic E-state index is 6.39. The summed E-state index contributed by atoms with van der Waals surface area (Å²) in [7, 11) is 0. The highest BCUT2D eigenvalue weighted by molar-refractivity contribution is 4.89. The molecule has 1 aliphatic rings. The number of hydrogen-bond donors (Lipinski definition) is 1. The van der Waals surface area contributed by atoms with Crippen molar-refractivity contribution >= 4 is 0 Å². The third-order valence-corrected chi connectivity index (χ3v) is 4.20. The van der Waals surface area contributed by atoms with Gasteiger partial charge in [0.15, 0.2) is 0 Å². The lowest BCUT2D eigenvalue weighted by atomic mass is 9.78. The van der Waals surface area contributed by atoms with Gasteiger partial charge in [0.05, 0.1) is 5.60 Å². The van der Waals surface area contributed by atoms with E-state index in [2.05, 4.69) is 33.0 Å². The van der Waals surface area contributed by atoms with Crippen LogP contribution >= 0.6 is 0 Å². The predicted octanol–water partition coefficient (Wildman–Crippen LogP) is 4.00. The second kappa shape index (κ2) is 8.16. The minimum Gasteiger partial charge on any atom is -0.373 e. The van der Waals surface area contributed by atoms with Crippen molar-refractivity contribution in [2.24, 2.45) is 11.8 Å². The summed E-state index contributed by atoms with van der Waals surface area (Å²) in [6.07, 6.45) is 7.73. The Hall–Kier alpha value is -0.0800. The first kappa shape index (κ1) is 16.0. The zero-order valence-electron chi connectivity index (χ0n) is 12.9. The summed E-state index contributed by atoms with van der Waals surface area (Å²) in [6.45, 7) is 12.1. The Kier molecular flexibility index (Phi) is 7.25. The highest BCUT2D eigenvalue weighted by atomic mass is 16.5. The predicted molar refractivity (Wildman–Crippen MR) is 78.9 cm³/mol. The number of rotatable bonds is 8. The van der Waals surface area contributed by atoms with Gasteiger partial charge < -0.3 is 10.1 Å². The van der Waals surface area contributed by atoms with Gasteiger partial charge in [0, 0.05) is 13.2 Å². The van der Waals surface area contributed by atoms with E-state index in [1.807, 2.05) is 0 Å². The fraction of sp³-hybridized carbons (Fsp3) is 1.00. The average molecular weight is 255 g/mol. The molecule has 0 aromatic carbocycles. The van der Waals surface area contributed by atoms with Gasteiger partial charge in [0.1, 0.15) is 0 Å². The number of hydrogen-bond acceptors (Lipinski definition) is 2. The molecule has 1 saturated carbocycles. The van der Waals surface area contributed by atoms with Crippen molar-refractivity contribution in [2.75, 3.05) is 19.7 Å². The van der Waals surface area contributed by atoms with Crippen molar-refractivity contribution in [3.8, 4) is 0 Å². The topological polar surface area (TPSA) is 21.3 Å². The molecule has 1 rings (SSSR count). The van der Waals surface area contributed by atoms with E-state index >= 15 is 0 Å². The summed E-state index contributed by atoms with van der Waals surface area (Å²) < 4.78 is 6.39. The Labute approximate surface area is 114 Å². The molecular formula is C16H33NO. The monoisotopic (exact) mass is 255 g/mol. The van der Waals surface area contributed by atoms with Gasteiger partial charge in [-0.05, 0) is 37.6 Å². The first-order valence-corrected chi connectivity index (χ1v) is 7.96. The SMILES string of the molecule is CCCC(C)COC1(CNCC)CCCC(C)C1. The lowest BCUT2D eigenvalue weighted by molar-refractivity contribution is -0.0903. The molecule has 0 saturated heterocycles. The molecule has 0 amide bonds. The van der Waals surface area contributed by atoms with Crippen molar-refractivity contribution in [2.45, 2.75) is 71.8 Å². The molecule has 0 bridgehead atoms. The van der Waals surface area contributed by atoms with Crippen molar-refractivity contribution in [1.82, 2.24) is 5.32 Å². The normalized spacial score (nSPS) is 30.3. The second-order valence-corrected chi connectivity index (χ2v) is 6.37. The van der Waals surface area contributed by atoms with E-state index in [1.165, 1.54) is 38.5 Å². The standard InChI is InChI=1S/C16H33NO/c1-5-8-15(4)12-18-16(13-17-6-2)10-7-9-14(3)11-16/h14-15,17H,5-13H2,1-4H3. The van der Waals surface area contributed by atoms with Gasteiger partial charge >= 0.3 is 0 Å². The van der Waals surface area contributed by atoms with Gasteiger partial charge in [0.2, 0.25) is 0 Å². The fourth-order valence-corrected chi connectivity index (χ4v) is 3.20. The molecule has 0 heterocycles. The third-order valence-electron chi connectivity index (χ3n) is 4.20. The molecule has 1 N–H and O–H groups in total. The molecule has 3 unspecified atom stereocenters. The van der Waals surface area contributed by atoms with Crippen LogP contribution in [0.5, 0.6) is 0 Å². The van der Waals surface area contributed by atoms with Gasteiger partial charge in [-0.3, -0.25) is 0 Å². The van der Waals surface area contributed by atoms with E-state index in [4.69, 9.17) is 4.74 Å². The van der Waals surface area contributed by atoms with E-state index in [-0.39, 0.29) is 5.60 Å². The molecule has 1 aliphatic carbocycles. The van der Waals surface area contributed by atoms with E-state index < -0.39 is 0 Å². The van der Waals surface area contributed by atoms with Crippen LogP contribution in [0.25, 0.3) is 0 Å². The van der Waals surface area contributed by atoms with Crippen LogP contribution in [0.1, 0.15) is 66.2 Å². The van der Waals surface area contributed by atoms with E-state index in [0.717, 1.165) is 25.6 Å². The van der Waals surface area contributed by atoms with Crippen LogP contribution < -0.4 is 5.32 Å². The van der Waals surface area contributed by atoms with Crippen LogP contribution in [0.4, 0.5) is 0 Å². The Morgan fingerprint density at radius 2 is 2.17 bits per heavy atom. The molecule has 18 heavy (non-hydrogen) atoms. The largest absolute Gasteiger partial charge is 0.373 e. The number of likely N-dealkylation sites (N-methyl/N-ethyl adjacent to an activating group) is 1. The lowest BCUT2D eigenvalue weighted by Gasteiger charge is -2.41. The molecule has 0 spiro atoms. The maximum Gasteiger partial charge on any atom is 0.0808 e. The minimum absolute atomic E-state index is 0.121. The minimum atomic E-state index is 0.121. The van der Waals surface area contributed by atoms with Gasteiger partial charge in [0.25, 0.3) is 0 Å². The first-order valence-electron chi connectivity index (χ1n) is 7.96. The molecule has 1 fully saturated rings. The molecule has 2 nitrogen and oxygen atoms in total. The summed E-state index contributed by atoms with van der Waals surface area (Å²) in [5.74, 6) is 1.52. The molecule has 0 aromatic rings. The van der Waals surface area contributed by atoms with Crippen LogP contribution in [0.15, 0.2) is 0 Å². The summed E-state index contributed by atoms with van der Waals surface area (Å²) in [4.78, 5) is 0. The maximum absolute atomic E-state index is 6.39. The van der Waals surface area contributed by atoms with Crippen LogP contribution in [0.3, 0.4) is 0 Å². The third kappa shape index (κ3) is 5.27. The molecule has 0 aliphatic heterocycles. The smallest absolute Gasteiger partial charge is 0.0808 e. The number of ether oxygens (including phenoxy) is 1. The van der Waals surface area contributed by atoms with Crippen molar-refractivity contribution in [3.63, 3.8) is 0 Å². The summed E-state index contributed by atoms with van der Waals surface area (Å²) in [6, 6.07) is 0. The molecule has 108 valence electrons. The van der Waals surface area contributed by atoms with Crippen molar-refractivity contribution in [3.05, 3.63) is 0 Å². The quantitative estimate of drug-likeness (QED) is 0.708. The van der Waals surface area contributed by atoms with Crippen molar-refractivity contribution in [1.29, 1.82) is 0 Å². The van der Waals surface area contributed by atoms with Gasteiger partial charge in [-0.15, -0.1) is 0 Å². The Morgan fingerprint density at radius 3 is 2.78 bits per heavy atom. The van der Waals surface area contributed by atoms with E-state index in [1.54, 1.807) is 0 Å². The zero-order valence-corrected chi connectivity index (χ0v) is 12.9. The Bertz CT molecular complexity index is 219. The van der Waals surface area contributed by atoms with Crippen LogP contribution in [-0.2, 0) is 4.74 Å². The van der Waals surface area contributed by atoms with E-state index in [9.17, 15) is 0 Å². The van der Waals surface area contributed by atoms with Crippen molar-refractivity contribution < 1.29 is 4.74 Å². The zero-order chi connectivity index (χ0) is 13.4. The molecule has 3 atom stereocenters. The summed E-state index contributed by atoms with van der Waals surface area (Å²) >= 11 is 0. The van der Waals surface area contributed by atoms with Gasteiger partial charge in [-0.25, -0.2) is 0 Å². The number of nitrogens with one attached hydrogen (secondary N) is 1. The van der Waals surface area contributed by atoms with Crippen LogP contribution in [0, 0.1) is 11.8 Å². The second-order valence-electron chi connectivity index (χ2n) is 6.37. The highest BCUT2D eigenvalue weighted by Crippen LogP contribution is 2.35. The Morgan fingerprint density at radius 1 is 1.39 bits per heavy atom. The van der Waals surface area contributed by atoms with Crippen LogP contribution in [-0.4, -0.2) is 25.3 Å². The lowest BCUT2D eigenvalue weighted by Crippen LogP contribution is -2.47.